The van der Waals surface area contributed by atoms with E-state index >= 15 is 0 Å². The molecule has 1 N–H and O–H groups in total. The van der Waals surface area contributed by atoms with E-state index in [2.05, 4.69) is 11.4 Å². The molecule has 2 aromatic rings. The lowest BCUT2D eigenvalue weighted by Crippen LogP contribution is -2.01. The van der Waals surface area contributed by atoms with Gasteiger partial charge in [-0.15, -0.1) is 0 Å². The first-order valence-electron chi connectivity index (χ1n) is 5.48. The van der Waals surface area contributed by atoms with E-state index in [1.54, 1.807) is 6.26 Å². The molecule has 0 bridgehead atoms. The van der Waals surface area contributed by atoms with Crippen molar-refractivity contribution in [3.8, 4) is 6.07 Å². The highest BCUT2D eigenvalue weighted by Crippen LogP contribution is 2.18. The van der Waals surface area contributed by atoms with Crippen molar-refractivity contribution in [2.45, 2.75) is 20.4 Å². The maximum absolute atomic E-state index is 8.85. The Morgan fingerprint density at radius 3 is 2.71 bits per heavy atom. The molecule has 3 heteroatoms. The first-order chi connectivity index (χ1) is 8.20. The highest BCUT2D eigenvalue weighted by atomic mass is 16.3. The van der Waals surface area contributed by atoms with Gasteiger partial charge in [0, 0.05) is 5.69 Å². The molecule has 1 heterocycles. The third kappa shape index (κ3) is 2.48. The molecule has 86 valence electrons. The Hall–Kier alpha value is -2.21. The minimum atomic E-state index is 0.633. The molecule has 0 fully saturated rings. The highest BCUT2D eigenvalue weighted by molar-refractivity contribution is 5.55. The first-order valence-corrected chi connectivity index (χ1v) is 5.48. The van der Waals surface area contributed by atoms with Gasteiger partial charge >= 0.3 is 0 Å². The Labute approximate surface area is 101 Å². The molecule has 0 aliphatic heterocycles. The lowest BCUT2D eigenvalue weighted by atomic mass is 10.1. The third-order valence-electron chi connectivity index (χ3n) is 2.77. The molecular formula is C14H14N2O. The van der Waals surface area contributed by atoms with Crippen molar-refractivity contribution in [1.82, 2.24) is 0 Å². The fraction of sp³-hybridized carbons (Fsp3) is 0.214. The van der Waals surface area contributed by atoms with Crippen LogP contribution in [0.4, 0.5) is 5.69 Å². The summed E-state index contributed by atoms with van der Waals surface area (Å²) in [6, 6.07) is 9.69. The Morgan fingerprint density at radius 2 is 2.06 bits per heavy atom. The second-order valence-electron chi connectivity index (χ2n) is 4.02. The minimum Gasteiger partial charge on any atom is -0.467 e. The van der Waals surface area contributed by atoms with Crippen molar-refractivity contribution in [2.75, 3.05) is 5.32 Å². The average Bonchev–Trinajstić information content (AvgIpc) is 2.74. The molecule has 0 spiro atoms. The second kappa shape index (κ2) is 4.75. The summed E-state index contributed by atoms with van der Waals surface area (Å²) in [5.74, 6) is 0.923. The fourth-order valence-corrected chi connectivity index (χ4v) is 1.64. The van der Waals surface area contributed by atoms with Crippen LogP contribution < -0.4 is 5.32 Å². The Morgan fingerprint density at radius 1 is 1.24 bits per heavy atom. The van der Waals surface area contributed by atoms with Gasteiger partial charge in [-0.1, -0.05) is 6.07 Å². The van der Waals surface area contributed by atoms with Crippen molar-refractivity contribution in [2.24, 2.45) is 0 Å². The number of aryl methyl sites for hydroxylation is 2. The maximum Gasteiger partial charge on any atom is 0.125 e. The van der Waals surface area contributed by atoms with Crippen LogP contribution >= 0.6 is 0 Å². The quantitative estimate of drug-likeness (QED) is 0.872. The Balaban J connectivity index is 2.14. The molecule has 0 aliphatic rings. The maximum atomic E-state index is 8.85. The standard InChI is InChI=1S/C14H14N2O/c1-10-3-4-12(8-15)7-13(10)16-9-14-11(2)5-6-17-14/h3-7,16H,9H2,1-2H3. The van der Waals surface area contributed by atoms with E-state index < -0.39 is 0 Å². The summed E-state index contributed by atoms with van der Waals surface area (Å²) in [5, 5.41) is 12.1. The zero-order valence-corrected chi connectivity index (χ0v) is 9.95. The normalized spacial score (nSPS) is 9.94. The molecule has 0 atom stereocenters. The zero-order valence-electron chi connectivity index (χ0n) is 9.95. The molecule has 0 saturated heterocycles. The van der Waals surface area contributed by atoms with Gasteiger partial charge in [0.05, 0.1) is 24.4 Å². The van der Waals surface area contributed by atoms with Gasteiger partial charge < -0.3 is 9.73 Å². The number of nitrogens with zero attached hydrogens (tertiary/aromatic N) is 1. The predicted octanol–water partition coefficient (Wildman–Crippen LogP) is 3.38. The summed E-state index contributed by atoms with van der Waals surface area (Å²) in [6.45, 7) is 4.66. The van der Waals surface area contributed by atoms with Gasteiger partial charge in [-0.3, -0.25) is 0 Å². The number of hydrogen-bond acceptors (Lipinski definition) is 3. The minimum absolute atomic E-state index is 0.633. The fourth-order valence-electron chi connectivity index (χ4n) is 1.64. The largest absolute Gasteiger partial charge is 0.467 e. The monoisotopic (exact) mass is 226 g/mol. The van der Waals surface area contributed by atoms with E-state index in [0.717, 1.165) is 22.6 Å². The number of benzene rings is 1. The highest BCUT2D eigenvalue weighted by Gasteiger charge is 2.04. The molecule has 0 radical (unpaired) electrons. The average molecular weight is 226 g/mol. The molecule has 0 unspecified atom stereocenters. The topological polar surface area (TPSA) is 49.0 Å². The molecule has 17 heavy (non-hydrogen) atoms. The van der Waals surface area contributed by atoms with Gasteiger partial charge in [-0.2, -0.15) is 5.26 Å². The summed E-state index contributed by atoms with van der Waals surface area (Å²) >= 11 is 0. The van der Waals surface area contributed by atoms with E-state index in [1.807, 2.05) is 38.1 Å². The van der Waals surface area contributed by atoms with Gasteiger partial charge in [0.1, 0.15) is 5.76 Å². The van der Waals surface area contributed by atoms with Crippen molar-refractivity contribution in [3.05, 3.63) is 53.0 Å². The molecule has 0 aliphatic carbocycles. The molecule has 1 aromatic carbocycles. The van der Waals surface area contributed by atoms with Crippen molar-refractivity contribution < 1.29 is 4.42 Å². The van der Waals surface area contributed by atoms with E-state index in [-0.39, 0.29) is 0 Å². The SMILES string of the molecule is Cc1ccc(C#N)cc1NCc1occc1C. The van der Waals surface area contributed by atoms with Crippen molar-refractivity contribution in [3.63, 3.8) is 0 Å². The van der Waals surface area contributed by atoms with E-state index in [9.17, 15) is 0 Å². The molecule has 0 saturated carbocycles. The second-order valence-corrected chi connectivity index (χ2v) is 4.02. The lowest BCUT2D eigenvalue weighted by molar-refractivity contribution is 0.515. The van der Waals surface area contributed by atoms with Crippen LogP contribution in [-0.2, 0) is 6.54 Å². The number of furan rings is 1. The smallest absolute Gasteiger partial charge is 0.125 e. The zero-order chi connectivity index (χ0) is 12.3. The first kappa shape index (κ1) is 11.3. The Kier molecular flexibility index (Phi) is 3.15. The molecular weight excluding hydrogens is 212 g/mol. The van der Waals surface area contributed by atoms with Gasteiger partial charge in [0.15, 0.2) is 0 Å². The number of rotatable bonds is 3. The summed E-state index contributed by atoms with van der Waals surface area (Å²) in [6.07, 6.45) is 1.69. The van der Waals surface area contributed by atoms with Gasteiger partial charge in [-0.05, 0) is 43.2 Å². The van der Waals surface area contributed by atoms with Crippen LogP contribution in [0.25, 0.3) is 0 Å². The van der Waals surface area contributed by atoms with Crippen LogP contribution in [0, 0.1) is 25.2 Å². The van der Waals surface area contributed by atoms with Crippen LogP contribution in [0.5, 0.6) is 0 Å². The Bertz CT molecular complexity index is 564. The summed E-state index contributed by atoms with van der Waals surface area (Å²) in [5.41, 5.74) is 3.88. The van der Waals surface area contributed by atoms with Crippen LogP contribution in [0.15, 0.2) is 34.9 Å². The van der Waals surface area contributed by atoms with E-state index in [4.69, 9.17) is 9.68 Å². The third-order valence-corrected chi connectivity index (χ3v) is 2.77. The lowest BCUT2D eigenvalue weighted by Gasteiger charge is -2.08. The van der Waals surface area contributed by atoms with Crippen LogP contribution in [0.3, 0.4) is 0 Å². The van der Waals surface area contributed by atoms with Gasteiger partial charge in [0.25, 0.3) is 0 Å². The number of nitrogens with one attached hydrogen (secondary N) is 1. The van der Waals surface area contributed by atoms with Gasteiger partial charge in [0.2, 0.25) is 0 Å². The number of nitriles is 1. The van der Waals surface area contributed by atoms with Crippen LogP contribution in [0.1, 0.15) is 22.5 Å². The summed E-state index contributed by atoms with van der Waals surface area (Å²) in [7, 11) is 0. The van der Waals surface area contributed by atoms with E-state index in [0.29, 0.717) is 12.1 Å². The van der Waals surface area contributed by atoms with Crippen molar-refractivity contribution in [1.29, 1.82) is 5.26 Å². The van der Waals surface area contributed by atoms with Crippen LogP contribution in [0.2, 0.25) is 0 Å². The van der Waals surface area contributed by atoms with Gasteiger partial charge in [-0.25, -0.2) is 0 Å². The van der Waals surface area contributed by atoms with E-state index in [1.165, 1.54) is 0 Å². The molecule has 1 aromatic heterocycles. The summed E-state index contributed by atoms with van der Waals surface area (Å²) in [4.78, 5) is 0. The number of hydrogen-bond donors (Lipinski definition) is 1. The molecule has 2 rings (SSSR count). The molecule has 0 amide bonds. The predicted molar refractivity (Wildman–Crippen MR) is 66.7 cm³/mol. The van der Waals surface area contributed by atoms with Crippen molar-refractivity contribution >= 4 is 5.69 Å². The molecule has 3 nitrogen and oxygen atoms in total. The summed E-state index contributed by atoms with van der Waals surface area (Å²) < 4.78 is 5.35. The number of anilines is 1. The van der Waals surface area contributed by atoms with Crippen LogP contribution in [-0.4, -0.2) is 0 Å².